The number of thiophene rings is 1. The number of nitrogens with one attached hydrogen (secondary N) is 1. The summed E-state index contributed by atoms with van der Waals surface area (Å²) in [4.78, 5) is 1.22. The molecule has 0 fully saturated rings. The number of aryl methyl sites for hydroxylation is 1. The molecule has 0 bridgehead atoms. The highest BCUT2D eigenvalue weighted by atomic mass is 32.1. The van der Waals surface area contributed by atoms with Crippen LogP contribution < -0.4 is 5.32 Å². The van der Waals surface area contributed by atoms with Crippen molar-refractivity contribution in [3.8, 4) is 0 Å². The number of rotatable bonds is 5. The van der Waals surface area contributed by atoms with Crippen molar-refractivity contribution in [3.63, 3.8) is 0 Å². The highest BCUT2D eigenvalue weighted by molar-refractivity contribution is 7.19. The van der Waals surface area contributed by atoms with Crippen LogP contribution in [0.3, 0.4) is 0 Å². The number of hydrogen-bond acceptors (Lipinski definition) is 3. The van der Waals surface area contributed by atoms with Crippen LogP contribution >= 0.6 is 11.3 Å². The maximum Gasteiger partial charge on any atom is 0.123 e. The van der Waals surface area contributed by atoms with Crippen LogP contribution in [0.5, 0.6) is 0 Å². The molecule has 0 saturated heterocycles. The number of nitrogens with zero attached hydrogens (tertiary/aromatic N) is 2. The molecule has 1 N–H and O–H groups in total. The van der Waals surface area contributed by atoms with Crippen molar-refractivity contribution in [1.82, 2.24) is 15.1 Å². The molecule has 0 aliphatic heterocycles. The summed E-state index contributed by atoms with van der Waals surface area (Å²) in [5.41, 5.74) is 1.21. The van der Waals surface area contributed by atoms with Crippen molar-refractivity contribution in [2.24, 2.45) is 0 Å². The van der Waals surface area contributed by atoms with Gasteiger partial charge in [-0.2, -0.15) is 5.10 Å². The van der Waals surface area contributed by atoms with Gasteiger partial charge < -0.3 is 5.32 Å². The zero-order valence-corrected chi connectivity index (χ0v) is 13.0. The first-order valence-corrected chi connectivity index (χ1v) is 7.89. The molecule has 3 nitrogen and oxygen atoms in total. The average molecular weight is 303 g/mol. The number of fused-ring (bicyclic) bond motifs is 1. The number of hydrogen-bond donors (Lipinski definition) is 1. The minimum Gasteiger partial charge on any atom is -0.312 e. The molecule has 21 heavy (non-hydrogen) atoms. The Morgan fingerprint density at radius 1 is 1.38 bits per heavy atom. The maximum absolute atomic E-state index is 13.3. The molecule has 3 aromatic rings. The number of aromatic nitrogens is 2. The van der Waals surface area contributed by atoms with E-state index in [1.54, 1.807) is 17.4 Å². The molecule has 0 aliphatic rings. The monoisotopic (exact) mass is 303 g/mol. The molecular formula is C16H18FN3S. The molecule has 1 unspecified atom stereocenters. The third kappa shape index (κ3) is 2.99. The van der Waals surface area contributed by atoms with Gasteiger partial charge in [0.05, 0.1) is 6.20 Å². The van der Waals surface area contributed by atoms with Crippen LogP contribution in [-0.4, -0.2) is 16.8 Å². The second kappa shape index (κ2) is 5.95. The largest absolute Gasteiger partial charge is 0.312 e. The predicted molar refractivity (Wildman–Crippen MR) is 85.2 cm³/mol. The lowest BCUT2D eigenvalue weighted by molar-refractivity contribution is 0.600. The van der Waals surface area contributed by atoms with Crippen molar-refractivity contribution in [2.45, 2.75) is 25.9 Å². The van der Waals surface area contributed by atoms with Gasteiger partial charge in [0.2, 0.25) is 0 Å². The molecule has 0 spiro atoms. The van der Waals surface area contributed by atoms with Crippen LogP contribution in [-0.2, 0) is 13.0 Å². The molecular weight excluding hydrogens is 285 g/mol. The van der Waals surface area contributed by atoms with E-state index in [1.165, 1.54) is 16.5 Å². The molecule has 2 aromatic heterocycles. The normalized spacial score (nSPS) is 12.9. The van der Waals surface area contributed by atoms with Gasteiger partial charge in [0.15, 0.2) is 0 Å². The summed E-state index contributed by atoms with van der Waals surface area (Å²) < 4.78 is 16.3. The van der Waals surface area contributed by atoms with Crippen molar-refractivity contribution in [1.29, 1.82) is 0 Å². The molecule has 0 saturated carbocycles. The quantitative estimate of drug-likeness (QED) is 0.778. The van der Waals surface area contributed by atoms with Crippen molar-refractivity contribution in [2.75, 3.05) is 7.05 Å². The van der Waals surface area contributed by atoms with Gasteiger partial charge in [0.25, 0.3) is 0 Å². The summed E-state index contributed by atoms with van der Waals surface area (Å²) in [6, 6.07) is 7.26. The number of benzene rings is 1. The third-order valence-electron chi connectivity index (χ3n) is 3.64. The van der Waals surface area contributed by atoms with E-state index in [0.29, 0.717) is 0 Å². The smallest absolute Gasteiger partial charge is 0.123 e. The van der Waals surface area contributed by atoms with Crippen molar-refractivity contribution in [3.05, 3.63) is 52.9 Å². The lowest BCUT2D eigenvalue weighted by Gasteiger charge is -2.12. The Balaban J connectivity index is 1.86. The van der Waals surface area contributed by atoms with E-state index in [4.69, 9.17) is 0 Å². The van der Waals surface area contributed by atoms with Crippen LogP contribution in [0.15, 0.2) is 36.7 Å². The summed E-state index contributed by atoms with van der Waals surface area (Å²) in [7, 11) is 1.96. The summed E-state index contributed by atoms with van der Waals surface area (Å²) >= 11 is 1.71. The lowest BCUT2D eigenvalue weighted by Crippen LogP contribution is -2.17. The van der Waals surface area contributed by atoms with Crippen LogP contribution in [0.1, 0.15) is 23.4 Å². The van der Waals surface area contributed by atoms with Gasteiger partial charge >= 0.3 is 0 Å². The summed E-state index contributed by atoms with van der Waals surface area (Å²) in [5.74, 6) is -0.183. The van der Waals surface area contributed by atoms with Gasteiger partial charge in [-0.3, -0.25) is 4.68 Å². The third-order valence-corrected chi connectivity index (χ3v) is 4.87. The molecule has 0 radical (unpaired) electrons. The highest BCUT2D eigenvalue weighted by Gasteiger charge is 2.14. The Kier molecular flexibility index (Phi) is 4.03. The molecule has 0 amide bonds. The first-order valence-electron chi connectivity index (χ1n) is 7.07. The fraction of sp³-hybridized carbons (Fsp3) is 0.312. The first-order chi connectivity index (χ1) is 10.2. The fourth-order valence-electron chi connectivity index (χ4n) is 2.47. The van der Waals surface area contributed by atoms with E-state index < -0.39 is 0 Å². The predicted octanol–water partition coefficient (Wildman–Crippen LogP) is 3.76. The molecule has 0 aliphatic carbocycles. The minimum atomic E-state index is -0.183. The van der Waals surface area contributed by atoms with Gasteiger partial charge in [-0.15, -0.1) is 11.3 Å². The van der Waals surface area contributed by atoms with Gasteiger partial charge in [-0.1, -0.05) is 0 Å². The summed E-state index contributed by atoms with van der Waals surface area (Å²) in [6.45, 7) is 2.96. The lowest BCUT2D eigenvalue weighted by atomic mass is 10.1. The van der Waals surface area contributed by atoms with Gasteiger partial charge in [0.1, 0.15) is 5.82 Å². The Morgan fingerprint density at radius 3 is 2.95 bits per heavy atom. The number of halogens is 1. The molecule has 3 rings (SSSR count). The second-order valence-electron chi connectivity index (χ2n) is 5.08. The first kappa shape index (κ1) is 14.2. The Morgan fingerprint density at radius 2 is 2.24 bits per heavy atom. The molecule has 110 valence electrons. The number of likely N-dealkylation sites (N-methyl/N-ethyl adjacent to an activating group) is 1. The Hall–Kier alpha value is -1.72. The van der Waals surface area contributed by atoms with Crippen LogP contribution in [0.2, 0.25) is 0 Å². The van der Waals surface area contributed by atoms with Crippen molar-refractivity contribution >= 4 is 21.4 Å². The Bertz CT molecular complexity index is 747. The molecule has 1 aromatic carbocycles. The van der Waals surface area contributed by atoms with Crippen molar-refractivity contribution < 1.29 is 4.39 Å². The SMILES string of the molecule is CCn1cc(CC(NC)c2cc3cc(F)ccc3s2)cn1. The molecule has 1 atom stereocenters. The van der Waals surface area contributed by atoms with Gasteiger partial charge in [-0.25, -0.2) is 4.39 Å². The second-order valence-corrected chi connectivity index (χ2v) is 6.20. The van der Waals surface area contributed by atoms with E-state index in [9.17, 15) is 4.39 Å². The average Bonchev–Trinajstić information content (AvgIpc) is 3.10. The molecule has 2 heterocycles. The van der Waals surface area contributed by atoms with E-state index in [1.807, 2.05) is 24.0 Å². The van der Waals surface area contributed by atoms with E-state index in [0.717, 1.165) is 23.1 Å². The topological polar surface area (TPSA) is 29.9 Å². The molecule has 5 heteroatoms. The standard InChI is InChI=1S/C16H18FN3S/c1-3-20-10-11(9-19-20)6-14(18-2)16-8-12-7-13(17)4-5-15(12)21-16/h4-5,7-10,14,18H,3,6H2,1-2H3. The van der Waals surface area contributed by atoms with E-state index in [2.05, 4.69) is 29.6 Å². The van der Waals surface area contributed by atoms with Crippen LogP contribution in [0, 0.1) is 5.82 Å². The van der Waals surface area contributed by atoms with E-state index in [-0.39, 0.29) is 11.9 Å². The zero-order chi connectivity index (χ0) is 14.8. The van der Waals surface area contributed by atoms with Gasteiger partial charge in [0, 0.05) is 28.4 Å². The maximum atomic E-state index is 13.3. The minimum absolute atomic E-state index is 0.183. The van der Waals surface area contributed by atoms with E-state index >= 15 is 0 Å². The fourth-order valence-corrected chi connectivity index (χ4v) is 3.63. The van der Waals surface area contributed by atoms with Crippen LogP contribution in [0.25, 0.3) is 10.1 Å². The van der Waals surface area contributed by atoms with Crippen LogP contribution in [0.4, 0.5) is 4.39 Å². The highest BCUT2D eigenvalue weighted by Crippen LogP contribution is 2.31. The van der Waals surface area contributed by atoms with Gasteiger partial charge in [-0.05, 0) is 55.6 Å². The zero-order valence-electron chi connectivity index (χ0n) is 12.1. The summed E-state index contributed by atoms with van der Waals surface area (Å²) in [5, 5.41) is 8.63. The Labute approximate surface area is 127 Å². The summed E-state index contributed by atoms with van der Waals surface area (Å²) in [6.07, 6.45) is 4.88.